The molecular formula is C23H30FN5O3. The minimum absolute atomic E-state index is 0.0633. The van der Waals surface area contributed by atoms with Gasteiger partial charge in [-0.2, -0.15) is 9.65 Å². The fraction of sp³-hybridized carbons (Fsp3) is 0.391. The van der Waals surface area contributed by atoms with Crippen LogP contribution in [0, 0.1) is 17.1 Å². The lowest BCUT2D eigenvalue weighted by Gasteiger charge is -2.21. The highest BCUT2D eigenvalue weighted by atomic mass is 19.1. The van der Waals surface area contributed by atoms with Crippen LogP contribution in [-0.4, -0.2) is 40.2 Å². The third kappa shape index (κ3) is 9.00. The lowest BCUT2D eigenvalue weighted by atomic mass is 10.1. The highest BCUT2D eigenvalue weighted by Gasteiger charge is 2.14. The van der Waals surface area contributed by atoms with Gasteiger partial charge in [0.2, 0.25) is 5.82 Å². The van der Waals surface area contributed by atoms with Gasteiger partial charge in [-0.05, 0) is 52.8 Å². The van der Waals surface area contributed by atoms with Crippen molar-refractivity contribution in [3.8, 4) is 6.07 Å². The zero-order valence-corrected chi connectivity index (χ0v) is 19.2. The molecule has 1 aromatic rings. The van der Waals surface area contributed by atoms with Crippen molar-refractivity contribution in [2.45, 2.75) is 47.1 Å². The smallest absolute Gasteiger partial charge is 0.410 e. The van der Waals surface area contributed by atoms with Gasteiger partial charge in [-0.25, -0.2) is 9.78 Å². The molecule has 8 nitrogen and oxygen atoms in total. The predicted molar refractivity (Wildman–Crippen MR) is 122 cm³/mol. The zero-order chi connectivity index (χ0) is 24.3. The van der Waals surface area contributed by atoms with E-state index in [0.717, 1.165) is 17.5 Å². The quantitative estimate of drug-likeness (QED) is 0.629. The number of hydrogen-bond donors (Lipinski definition) is 2. The number of rotatable bonds is 6. The van der Waals surface area contributed by atoms with Crippen LogP contribution in [-0.2, 0) is 4.74 Å². The molecule has 0 saturated carbocycles. The molecule has 1 aliphatic carbocycles. The first kappa shape index (κ1) is 26.4. The topological polar surface area (TPSA) is 111 Å². The molecule has 1 aromatic heterocycles. The number of halogens is 1. The summed E-state index contributed by atoms with van der Waals surface area (Å²) in [5.41, 5.74) is 2.27. The van der Waals surface area contributed by atoms with Crippen molar-refractivity contribution in [3.63, 3.8) is 0 Å². The number of aromatic amines is 1. The summed E-state index contributed by atoms with van der Waals surface area (Å²) in [6, 6.07) is 2.05. The highest BCUT2D eigenvalue weighted by molar-refractivity contribution is 5.68. The summed E-state index contributed by atoms with van der Waals surface area (Å²) >= 11 is 0. The zero-order valence-electron chi connectivity index (χ0n) is 19.2. The molecule has 2 rings (SSSR count). The maximum absolute atomic E-state index is 13.5. The van der Waals surface area contributed by atoms with Gasteiger partial charge in [0.1, 0.15) is 0 Å². The van der Waals surface area contributed by atoms with Gasteiger partial charge in [0.25, 0.3) is 5.56 Å². The summed E-state index contributed by atoms with van der Waals surface area (Å²) in [6.45, 7) is 14.3. The Morgan fingerprint density at radius 1 is 1.47 bits per heavy atom. The lowest BCUT2D eigenvalue weighted by molar-refractivity contribution is 0.0809. The summed E-state index contributed by atoms with van der Waals surface area (Å²) in [6.07, 6.45) is 6.39. The highest BCUT2D eigenvalue weighted by Crippen LogP contribution is 2.19. The molecule has 0 unspecified atom stereocenters. The second-order valence-electron chi connectivity index (χ2n) is 7.52. The first-order valence-electron chi connectivity index (χ1n) is 10.2. The van der Waals surface area contributed by atoms with Crippen LogP contribution in [0.2, 0.25) is 0 Å². The number of anilines is 1. The van der Waals surface area contributed by atoms with Crippen molar-refractivity contribution in [2.24, 2.45) is 0 Å². The summed E-state index contributed by atoms with van der Waals surface area (Å²) in [4.78, 5) is 30.0. The summed E-state index contributed by atoms with van der Waals surface area (Å²) in [5, 5.41) is 11.6. The van der Waals surface area contributed by atoms with E-state index in [4.69, 9.17) is 10.00 Å². The second kappa shape index (κ2) is 12.9. The molecule has 0 saturated heterocycles. The number of carbonyl (C=O) groups excluding carboxylic acids is 1. The molecule has 0 radical (unpaired) electrons. The maximum Gasteiger partial charge on any atom is 0.410 e. The van der Waals surface area contributed by atoms with Gasteiger partial charge < -0.3 is 19.9 Å². The molecule has 1 amide bonds. The number of amides is 1. The lowest BCUT2D eigenvalue weighted by Crippen LogP contribution is -2.34. The van der Waals surface area contributed by atoms with E-state index < -0.39 is 11.4 Å². The van der Waals surface area contributed by atoms with Gasteiger partial charge in [0.15, 0.2) is 5.82 Å². The largest absolute Gasteiger partial charge is 0.447 e. The molecule has 0 bridgehead atoms. The SMILES string of the molecule is C=C(C)CN(CC)C(=O)OC(C)C.CC1=CC(C#N)=CC=C(Nc2nc[nH]c(=O)c2F)C1. The van der Waals surface area contributed by atoms with Crippen molar-refractivity contribution in [3.05, 3.63) is 69.7 Å². The van der Waals surface area contributed by atoms with Crippen LogP contribution >= 0.6 is 0 Å². The number of H-pyrrole nitrogens is 1. The van der Waals surface area contributed by atoms with Crippen LogP contribution in [0.3, 0.4) is 0 Å². The molecule has 0 fully saturated rings. The van der Waals surface area contributed by atoms with Gasteiger partial charge >= 0.3 is 6.09 Å². The monoisotopic (exact) mass is 443 g/mol. The van der Waals surface area contributed by atoms with Crippen LogP contribution in [0.15, 0.2) is 58.3 Å². The maximum atomic E-state index is 13.5. The first-order valence-corrected chi connectivity index (χ1v) is 10.2. The fourth-order valence-corrected chi connectivity index (χ4v) is 2.60. The van der Waals surface area contributed by atoms with E-state index in [0.29, 0.717) is 30.8 Å². The third-order valence-corrected chi connectivity index (χ3v) is 3.98. The van der Waals surface area contributed by atoms with Gasteiger partial charge in [-0.3, -0.25) is 4.79 Å². The van der Waals surface area contributed by atoms with Crippen molar-refractivity contribution < 1.29 is 13.9 Å². The van der Waals surface area contributed by atoms with Crippen molar-refractivity contribution in [2.75, 3.05) is 18.4 Å². The van der Waals surface area contributed by atoms with Crippen LogP contribution in [0.1, 0.15) is 41.0 Å². The number of hydrogen-bond acceptors (Lipinski definition) is 6. The Morgan fingerprint density at radius 2 is 2.16 bits per heavy atom. The van der Waals surface area contributed by atoms with E-state index in [2.05, 4.69) is 21.9 Å². The van der Waals surface area contributed by atoms with E-state index in [1.807, 2.05) is 40.7 Å². The molecule has 172 valence electrons. The average molecular weight is 444 g/mol. The Hall–Kier alpha value is -3.67. The van der Waals surface area contributed by atoms with Crippen LogP contribution in [0.25, 0.3) is 0 Å². The molecular weight excluding hydrogens is 413 g/mol. The summed E-state index contributed by atoms with van der Waals surface area (Å²) < 4.78 is 18.6. The molecule has 32 heavy (non-hydrogen) atoms. The second-order valence-corrected chi connectivity index (χ2v) is 7.52. The van der Waals surface area contributed by atoms with Crippen LogP contribution < -0.4 is 10.9 Å². The summed E-state index contributed by atoms with van der Waals surface area (Å²) in [7, 11) is 0. The number of aromatic nitrogens is 2. The first-order chi connectivity index (χ1) is 15.1. The van der Waals surface area contributed by atoms with E-state index in [1.54, 1.807) is 23.1 Å². The van der Waals surface area contributed by atoms with E-state index >= 15 is 0 Å². The van der Waals surface area contributed by atoms with Crippen LogP contribution in [0.4, 0.5) is 15.0 Å². The molecule has 0 spiro atoms. The van der Waals surface area contributed by atoms with Gasteiger partial charge in [-0.15, -0.1) is 0 Å². The Bertz CT molecular complexity index is 1020. The van der Waals surface area contributed by atoms with Crippen LogP contribution in [0.5, 0.6) is 0 Å². The normalized spacial score (nSPS) is 12.8. The molecule has 0 aromatic carbocycles. The van der Waals surface area contributed by atoms with Crippen molar-refractivity contribution >= 4 is 11.9 Å². The predicted octanol–water partition coefficient (Wildman–Crippen LogP) is 4.43. The van der Waals surface area contributed by atoms with Crippen molar-refractivity contribution in [1.29, 1.82) is 5.26 Å². The van der Waals surface area contributed by atoms with Gasteiger partial charge in [-0.1, -0.05) is 17.7 Å². The fourth-order valence-electron chi connectivity index (χ4n) is 2.60. The minimum atomic E-state index is -0.959. The average Bonchev–Trinajstić information content (AvgIpc) is 2.90. The number of nitrogens with zero attached hydrogens (tertiary/aromatic N) is 3. The minimum Gasteiger partial charge on any atom is -0.447 e. The Kier molecular flexibility index (Phi) is 10.6. The van der Waals surface area contributed by atoms with Crippen molar-refractivity contribution in [1.82, 2.24) is 14.9 Å². The number of ether oxygens (including phenoxy) is 1. The molecule has 0 aliphatic heterocycles. The Morgan fingerprint density at radius 3 is 2.72 bits per heavy atom. The molecule has 2 N–H and O–H groups in total. The molecule has 1 aliphatic rings. The van der Waals surface area contributed by atoms with E-state index in [9.17, 15) is 14.0 Å². The van der Waals surface area contributed by atoms with Gasteiger partial charge in [0.05, 0.1) is 24.1 Å². The van der Waals surface area contributed by atoms with E-state index in [1.165, 1.54) is 0 Å². The Labute approximate surface area is 187 Å². The third-order valence-electron chi connectivity index (χ3n) is 3.98. The summed E-state index contributed by atoms with van der Waals surface area (Å²) in [5.74, 6) is -1.09. The number of nitrogens with one attached hydrogen (secondary N) is 2. The molecule has 1 heterocycles. The molecule has 9 heteroatoms. The van der Waals surface area contributed by atoms with Gasteiger partial charge in [0, 0.05) is 25.2 Å². The number of nitriles is 1. The number of likely N-dealkylation sites (N-methyl/N-ethyl adjacent to an activating group) is 1. The Balaban J connectivity index is 0.000000347. The van der Waals surface area contributed by atoms with E-state index in [-0.39, 0.29) is 18.0 Å². The standard InChI is InChI=1S/C13H11FN4O.C10H19NO2/c1-8-4-9(6-15)2-3-10(5-8)18-12-11(14)13(19)17-7-16-12;1-6-11(7-8(2)3)10(12)13-9(4)5/h2-4,7H,5H2,1H3,(H2,16,17,18,19);9H,2,6-7H2,1,3-5H3. The number of carbonyl (C=O) groups is 1. The molecule has 0 atom stereocenters. The number of allylic oxidation sites excluding steroid dienone is 5.